The zero-order valence-electron chi connectivity index (χ0n) is 21.2. The maximum absolute atomic E-state index is 14.6. The summed E-state index contributed by atoms with van der Waals surface area (Å²) in [7, 11) is 1.27. The molecular formula is C29H25F2N3O5. The molecule has 2 aromatic carbocycles. The summed E-state index contributed by atoms with van der Waals surface area (Å²) in [6.07, 6.45) is 2.81. The van der Waals surface area contributed by atoms with Gasteiger partial charge in [0.15, 0.2) is 17.3 Å². The van der Waals surface area contributed by atoms with Crippen molar-refractivity contribution in [3.8, 4) is 22.9 Å². The summed E-state index contributed by atoms with van der Waals surface area (Å²) in [5.74, 6) is -2.31. The number of pyridine rings is 1. The maximum Gasteiger partial charge on any atom is 0.307 e. The van der Waals surface area contributed by atoms with E-state index in [0.29, 0.717) is 17.0 Å². The van der Waals surface area contributed by atoms with Crippen LogP contribution in [0.15, 0.2) is 67.0 Å². The van der Waals surface area contributed by atoms with Crippen molar-refractivity contribution in [3.63, 3.8) is 0 Å². The first-order chi connectivity index (χ1) is 18.7. The number of Topliss-reactive ketones (excluding diaryl/α,β-unsaturated/α-hetero) is 1. The van der Waals surface area contributed by atoms with Crippen LogP contribution < -0.4 is 10.1 Å². The molecule has 10 heteroatoms. The summed E-state index contributed by atoms with van der Waals surface area (Å²) in [5.41, 5.74) is 2.50. The van der Waals surface area contributed by atoms with Crippen molar-refractivity contribution in [2.24, 2.45) is 0 Å². The Morgan fingerprint density at radius 2 is 1.77 bits per heavy atom. The molecule has 2 aromatic heterocycles. The van der Waals surface area contributed by atoms with Gasteiger partial charge in [0.25, 0.3) is 5.91 Å². The predicted octanol–water partition coefficient (Wildman–Crippen LogP) is 5.17. The number of aryl methyl sites for hydroxylation is 1. The molecule has 0 aliphatic carbocycles. The lowest BCUT2D eigenvalue weighted by molar-refractivity contribution is -0.140. The number of rotatable bonds is 10. The molecule has 0 fully saturated rings. The highest BCUT2D eigenvalue weighted by Crippen LogP contribution is 2.29. The summed E-state index contributed by atoms with van der Waals surface area (Å²) in [5, 5.41) is 2.62. The number of nitrogens with zero attached hydrogens (tertiary/aromatic N) is 1. The second-order valence-corrected chi connectivity index (χ2v) is 8.70. The number of esters is 1. The first-order valence-corrected chi connectivity index (χ1v) is 12.0. The van der Waals surface area contributed by atoms with E-state index in [2.05, 4.69) is 20.0 Å². The number of ether oxygens (including phenoxy) is 2. The fourth-order valence-corrected chi connectivity index (χ4v) is 3.77. The molecule has 0 radical (unpaired) electrons. The second-order valence-electron chi connectivity index (χ2n) is 8.70. The largest absolute Gasteiger partial charge is 0.469 e. The minimum absolute atomic E-state index is 0.0482. The van der Waals surface area contributed by atoms with Gasteiger partial charge in [0.05, 0.1) is 30.5 Å². The van der Waals surface area contributed by atoms with Crippen LogP contribution in [0.1, 0.15) is 38.3 Å². The van der Waals surface area contributed by atoms with Crippen LogP contribution in [0.2, 0.25) is 0 Å². The molecule has 0 saturated carbocycles. The zero-order chi connectivity index (χ0) is 27.9. The van der Waals surface area contributed by atoms with Crippen molar-refractivity contribution in [2.75, 3.05) is 13.7 Å². The number of carbonyl (C=O) groups excluding carboxylic acids is 3. The summed E-state index contributed by atoms with van der Waals surface area (Å²) >= 11 is 0. The van der Waals surface area contributed by atoms with Gasteiger partial charge in [-0.05, 0) is 48.9 Å². The van der Waals surface area contributed by atoms with E-state index in [9.17, 15) is 23.2 Å². The third-order valence-corrected chi connectivity index (χ3v) is 5.83. The number of hydrogen-bond acceptors (Lipinski definition) is 6. The Morgan fingerprint density at radius 1 is 0.974 bits per heavy atom. The Kier molecular flexibility index (Phi) is 8.45. The van der Waals surface area contributed by atoms with Crippen LogP contribution in [0.4, 0.5) is 8.78 Å². The van der Waals surface area contributed by atoms with E-state index in [0.717, 1.165) is 11.6 Å². The molecule has 1 amide bonds. The topological polar surface area (TPSA) is 110 Å². The lowest BCUT2D eigenvalue weighted by Crippen LogP contribution is -2.25. The molecule has 2 N–H and O–H groups in total. The van der Waals surface area contributed by atoms with Crippen LogP contribution >= 0.6 is 0 Å². The molecular weight excluding hydrogens is 508 g/mol. The Balaban J connectivity index is 1.46. The first-order valence-electron chi connectivity index (χ1n) is 12.0. The number of amides is 1. The monoisotopic (exact) mass is 533 g/mol. The number of nitrogens with one attached hydrogen (secondary N) is 2. The van der Waals surface area contributed by atoms with E-state index < -0.39 is 17.6 Å². The molecule has 0 aliphatic heterocycles. The van der Waals surface area contributed by atoms with Crippen molar-refractivity contribution < 1.29 is 32.6 Å². The molecule has 4 aromatic rings. The number of benzene rings is 2. The Labute approximate surface area is 223 Å². The molecule has 4 rings (SSSR count). The highest BCUT2D eigenvalue weighted by molar-refractivity contribution is 5.98. The molecule has 0 spiro atoms. The number of hydrogen-bond donors (Lipinski definition) is 2. The first kappa shape index (κ1) is 27.2. The third-order valence-electron chi connectivity index (χ3n) is 5.83. The fourth-order valence-electron chi connectivity index (χ4n) is 3.77. The summed E-state index contributed by atoms with van der Waals surface area (Å²) in [6.45, 7) is 1.93. The number of H-pyrrole nitrogens is 1. The number of halogens is 2. The van der Waals surface area contributed by atoms with Gasteiger partial charge < -0.3 is 19.8 Å². The summed E-state index contributed by atoms with van der Waals surface area (Å²) in [4.78, 5) is 43.5. The van der Waals surface area contributed by atoms with Crippen LogP contribution in [-0.4, -0.2) is 41.3 Å². The van der Waals surface area contributed by atoms with Gasteiger partial charge in [-0.1, -0.05) is 17.7 Å². The van der Waals surface area contributed by atoms with E-state index in [1.54, 1.807) is 31.2 Å². The second kappa shape index (κ2) is 12.1. The van der Waals surface area contributed by atoms with Gasteiger partial charge in [-0.25, -0.2) is 8.78 Å². The number of aromatic amines is 1. The normalized spacial score (nSPS) is 10.7. The molecule has 200 valence electrons. The SMILES string of the molecule is COC(=O)CCNC(=O)c1c[nH]c(-c2cc(Oc3cc(C(=O)Cc4cc(C)ccc4F)ccc3F)ccn2)c1. The molecule has 0 unspecified atom stereocenters. The van der Waals surface area contributed by atoms with Gasteiger partial charge in [-0.15, -0.1) is 0 Å². The molecule has 0 bridgehead atoms. The molecule has 2 heterocycles. The Bertz CT molecular complexity index is 1530. The zero-order valence-corrected chi connectivity index (χ0v) is 21.2. The lowest BCUT2D eigenvalue weighted by atomic mass is 10.0. The van der Waals surface area contributed by atoms with Crippen molar-refractivity contribution in [3.05, 3.63) is 101 Å². The average Bonchev–Trinajstić information content (AvgIpc) is 3.42. The van der Waals surface area contributed by atoms with Gasteiger partial charge in [-0.2, -0.15) is 0 Å². The minimum Gasteiger partial charge on any atom is -0.469 e. The maximum atomic E-state index is 14.6. The van der Waals surface area contributed by atoms with Crippen molar-refractivity contribution >= 4 is 17.7 Å². The van der Waals surface area contributed by atoms with Crippen LogP contribution in [0.3, 0.4) is 0 Å². The van der Waals surface area contributed by atoms with Crippen molar-refractivity contribution in [1.29, 1.82) is 0 Å². The van der Waals surface area contributed by atoms with Gasteiger partial charge in [0.2, 0.25) is 0 Å². The number of carbonyl (C=O) groups is 3. The third kappa shape index (κ3) is 6.92. The Hall–Kier alpha value is -4.86. The van der Waals surface area contributed by atoms with Gasteiger partial charge in [-0.3, -0.25) is 19.4 Å². The van der Waals surface area contributed by atoms with Crippen molar-refractivity contribution in [1.82, 2.24) is 15.3 Å². The van der Waals surface area contributed by atoms with E-state index in [1.807, 2.05) is 0 Å². The standard InChI is InChI=1S/C29H25F2N3O5/c1-17-3-5-22(30)19(11-17)13-26(35)18-4-6-23(31)27(14-18)39-21-7-9-32-25(15-21)24-12-20(16-34-24)29(37)33-10-8-28(36)38-2/h3-7,9,11-12,14-16,34H,8,10,13H2,1-2H3,(H,33,37). The number of aromatic nitrogens is 2. The molecule has 0 saturated heterocycles. The predicted molar refractivity (Wildman–Crippen MR) is 139 cm³/mol. The quantitative estimate of drug-likeness (QED) is 0.215. The smallest absolute Gasteiger partial charge is 0.307 e. The van der Waals surface area contributed by atoms with Gasteiger partial charge in [0, 0.05) is 37.0 Å². The van der Waals surface area contributed by atoms with E-state index in [-0.39, 0.29) is 53.7 Å². The van der Waals surface area contributed by atoms with Crippen LogP contribution in [0, 0.1) is 18.6 Å². The molecule has 39 heavy (non-hydrogen) atoms. The number of ketones is 1. The lowest BCUT2D eigenvalue weighted by Gasteiger charge is -2.10. The fraction of sp³-hybridized carbons (Fsp3) is 0.172. The average molecular weight is 534 g/mol. The molecule has 0 atom stereocenters. The molecule has 8 nitrogen and oxygen atoms in total. The van der Waals surface area contributed by atoms with Crippen LogP contribution in [0.5, 0.6) is 11.5 Å². The van der Waals surface area contributed by atoms with Crippen molar-refractivity contribution in [2.45, 2.75) is 19.8 Å². The summed E-state index contributed by atoms with van der Waals surface area (Å²) in [6, 6.07) is 12.9. The summed E-state index contributed by atoms with van der Waals surface area (Å²) < 4.78 is 38.9. The number of methoxy groups -OCH3 is 1. The molecule has 0 aliphatic rings. The van der Waals surface area contributed by atoms with Crippen LogP contribution in [0.25, 0.3) is 11.4 Å². The van der Waals surface area contributed by atoms with E-state index in [1.165, 1.54) is 43.8 Å². The van der Waals surface area contributed by atoms with Crippen LogP contribution in [-0.2, 0) is 16.0 Å². The van der Waals surface area contributed by atoms with Gasteiger partial charge in [0.1, 0.15) is 11.6 Å². The highest BCUT2D eigenvalue weighted by Gasteiger charge is 2.16. The van der Waals surface area contributed by atoms with E-state index >= 15 is 0 Å². The minimum atomic E-state index is -0.683. The van der Waals surface area contributed by atoms with E-state index in [4.69, 9.17) is 4.74 Å². The van der Waals surface area contributed by atoms with Gasteiger partial charge >= 0.3 is 5.97 Å². The Morgan fingerprint density at radius 3 is 2.56 bits per heavy atom. The highest BCUT2D eigenvalue weighted by atomic mass is 19.1.